The molecular weight excluding hydrogens is 328 g/mol. The van der Waals surface area contributed by atoms with Gasteiger partial charge in [0, 0.05) is 34.4 Å². The van der Waals surface area contributed by atoms with Gasteiger partial charge in [-0.2, -0.15) is 0 Å². The maximum atomic E-state index is 12.1. The average Bonchev–Trinajstić information content (AvgIpc) is 2.54. The van der Waals surface area contributed by atoms with Gasteiger partial charge in [-0.3, -0.25) is 13.8 Å². The number of hydrogen-bond acceptors (Lipinski definition) is 4. The second-order valence-corrected chi connectivity index (χ2v) is 6.63. The molecule has 7 heteroatoms. The smallest absolute Gasteiger partial charge is 0.237 e. The van der Waals surface area contributed by atoms with Gasteiger partial charge in [0.2, 0.25) is 11.3 Å². The summed E-state index contributed by atoms with van der Waals surface area (Å²) in [5, 5.41) is 2.68. The number of benzene rings is 1. The molecule has 1 unspecified atom stereocenters. The van der Waals surface area contributed by atoms with Crippen LogP contribution >= 0.6 is 0 Å². The number of para-hydroxylation sites is 1. The fraction of sp³-hybridized carbons (Fsp3) is 0.294. The summed E-state index contributed by atoms with van der Waals surface area (Å²) < 4.78 is 17.4. The third kappa shape index (κ3) is 5.66. The first-order valence-corrected chi connectivity index (χ1v) is 9.11. The molecule has 0 aliphatic heterocycles. The van der Waals surface area contributed by atoms with Gasteiger partial charge in [0.25, 0.3) is 0 Å². The fourth-order valence-electron chi connectivity index (χ4n) is 2.00. The van der Waals surface area contributed by atoms with Crippen LogP contribution in [0.15, 0.2) is 47.4 Å². The Labute approximate surface area is 142 Å². The van der Waals surface area contributed by atoms with E-state index in [0.717, 1.165) is 6.42 Å². The zero-order valence-electron chi connectivity index (χ0n) is 13.4. The number of carbonyl (C=O) groups excluding carboxylic acids is 1. The van der Waals surface area contributed by atoms with Crippen LogP contribution in [0.1, 0.15) is 19.0 Å². The van der Waals surface area contributed by atoms with Crippen molar-refractivity contribution in [3.8, 4) is 5.75 Å². The summed E-state index contributed by atoms with van der Waals surface area (Å²) >= 11 is 0. The minimum Gasteiger partial charge on any atom is -0.488 e. The summed E-state index contributed by atoms with van der Waals surface area (Å²) in [7, 11) is -1.42. The first-order valence-electron chi connectivity index (χ1n) is 7.62. The van der Waals surface area contributed by atoms with Crippen LogP contribution in [-0.4, -0.2) is 27.5 Å². The largest absolute Gasteiger partial charge is 0.488 e. The highest BCUT2D eigenvalue weighted by Crippen LogP contribution is 2.07. The molecule has 0 bridgehead atoms. The van der Waals surface area contributed by atoms with Crippen molar-refractivity contribution >= 4 is 22.4 Å². The minimum absolute atomic E-state index is 0.103. The van der Waals surface area contributed by atoms with Crippen LogP contribution in [0.3, 0.4) is 0 Å². The Kier molecular flexibility index (Phi) is 6.74. The third-order valence-corrected chi connectivity index (χ3v) is 4.28. The summed E-state index contributed by atoms with van der Waals surface area (Å²) in [6, 6.07) is 10.3. The molecule has 2 N–H and O–H groups in total. The van der Waals surface area contributed by atoms with Crippen molar-refractivity contribution in [2.45, 2.75) is 19.1 Å². The molecule has 0 saturated heterocycles. The zero-order chi connectivity index (χ0) is 17.4. The maximum Gasteiger partial charge on any atom is 0.237 e. The number of hydrogen-bond donors (Lipinski definition) is 2. The van der Waals surface area contributed by atoms with Gasteiger partial charge in [-0.05, 0) is 18.6 Å². The molecule has 1 atom stereocenters. The SMILES string of the molecule is CCCOc1c[nH]c(CS(=O)CC(=O)Nc2ccccc2)cc1=O. The minimum atomic E-state index is -1.42. The number of pyridine rings is 1. The van der Waals surface area contributed by atoms with E-state index in [1.165, 1.54) is 12.3 Å². The quantitative estimate of drug-likeness (QED) is 0.764. The van der Waals surface area contributed by atoms with Gasteiger partial charge in [-0.15, -0.1) is 0 Å². The molecule has 0 radical (unpaired) electrons. The Bertz CT molecular complexity index is 759. The van der Waals surface area contributed by atoms with E-state index in [9.17, 15) is 13.8 Å². The second kappa shape index (κ2) is 9.02. The van der Waals surface area contributed by atoms with Crippen LogP contribution in [0.5, 0.6) is 5.75 Å². The van der Waals surface area contributed by atoms with E-state index in [1.54, 1.807) is 24.3 Å². The Balaban J connectivity index is 1.89. The molecule has 0 aliphatic carbocycles. The lowest BCUT2D eigenvalue weighted by atomic mass is 10.3. The lowest BCUT2D eigenvalue weighted by Gasteiger charge is -2.07. The number of H-pyrrole nitrogens is 1. The topological polar surface area (TPSA) is 88.3 Å². The number of aromatic nitrogens is 1. The van der Waals surface area contributed by atoms with Gasteiger partial charge >= 0.3 is 0 Å². The van der Waals surface area contributed by atoms with E-state index in [1.807, 2.05) is 13.0 Å². The number of carbonyl (C=O) groups is 1. The highest BCUT2D eigenvalue weighted by Gasteiger charge is 2.11. The van der Waals surface area contributed by atoms with Crippen molar-refractivity contribution in [2.75, 3.05) is 17.7 Å². The van der Waals surface area contributed by atoms with Crippen molar-refractivity contribution in [1.82, 2.24) is 4.98 Å². The van der Waals surface area contributed by atoms with E-state index in [-0.39, 0.29) is 28.6 Å². The van der Waals surface area contributed by atoms with Gasteiger partial charge in [0.15, 0.2) is 5.75 Å². The summed E-state index contributed by atoms with van der Waals surface area (Å²) in [5.41, 5.74) is 0.906. The molecule has 1 aromatic carbocycles. The molecule has 0 saturated carbocycles. The van der Waals surface area contributed by atoms with Crippen molar-refractivity contribution in [1.29, 1.82) is 0 Å². The second-order valence-electron chi connectivity index (χ2n) is 5.18. The van der Waals surface area contributed by atoms with Crippen LogP contribution in [0, 0.1) is 0 Å². The number of ether oxygens (including phenoxy) is 1. The molecule has 1 heterocycles. The highest BCUT2D eigenvalue weighted by molar-refractivity contribution is 7.84. The van der Waals surface area contributed by atoms with Crippen LogP contribution < -0.4 is 15.5 Å². The fourth-order valence-corrected chi connectivity index (χ4v) is 2.98. The predicted octanol–water partition coefficient (Wildman–Crippen LogP) is 2.05. The molecule has 1 aromatic heterocycles. The lowest BCUT2D eigenvalue weighted by molar-refractivity contribution is -0.113. The Morgan fingerprint density at radius 1 is 1.29 bits per heavy atom. The third-order valence-electron chi connectivity index (χ3n) is 3.06. The van der Waals surface area contributed by atoms with Crippen molar-refractivity contribution in [3.05, 3.63) is 58.5 Å². The number of nitrogens with one attached hydrogen (secondary N) is 2. The van der Waals surface area contributed by atoms with Gasteiger partial charge < -0.3 is 15.0 Å². The predicted molar refractivity (Wildman–Crippen MR) is 94.6 cm³/mol. The van der Waals surface area contributed by atoms with Crippen LogP contribution in [0.4, 0.5) is 5.69 Å². The van der Waals surface area contributed by atoms with Crippen LogP contribution in [-0.2, 0) is 21.3 Å². The van der Waals surface area contributed by atoms with Crippen molar-refractivity contribution in [3.63, 3.8) is 0 Å². The standard InChI is InChI=1S/C17H20N2O4S/c1-2-8-23-16-10-18-14(9-15(16)20)11-24(22)12-17(21)19-13-6-4-3-5-7-13/h3-7,9-10H,2,8,11-12H2,1H3,(H,18,20)(H,19,21). The summed E-state index contributed by atoms with van der Waals surface area (Å²) in [6.45, 7) is 2.42. The molecule has 0 aliphatic rings. The Morgan fingerprint density at radius 3 is 2.71 bits per heavy atom. The van der Waals surface area contributed by atoms with Crippen molar-refractivity contribution in [2.24, 2.45) is 0 Å². The van der Waals surface area contributed by atoms with Crippen LogP contribution in [0.2, 0.25) is 0 Å². The van der Waals surface area contributed by atoms with E-state index in [0.29, 0.717) is 18.0 Å². The highest BCUT2D eigenvalue weighted by atomic mass is 32.2. The summed E-state index contributed by atoms with van der Waals surface area (Å²) in [6.07, 6.45) is 2.27. The number of rotatable bonds is 8. The first kappa shape index (κ1) is 17.9. The molecule has 0 fully saturated rings. The van der Waals surface area contributed by atoms with E-state index in [2.05, 4.69) is 10.3 Å². The first-order chi connectivity index (χ1) is 11.6. The summed E-state index contributed by atoms with van der Waals surface area (Å²) in [4.78, 5) is 26.6. The molecular formula is C17H20N2O4S. The molecule has 0 spiro atoms. The maximum absolute atomic E-state index is 12.1. The monoisotopic (exact) mass is 348 g/mol. The van der Waals surface area contributed by atoms with Crippen molar-refractivity contribution < 1.29 is 13.7 Å². The van der Waals surface area contributed by atoms with Gasteiger partial charge in [-0.25, -0.2) is 0 Å². The Morgan fingerprint density at radius 2 is 2.04 bits per heavy atom. The van der Waals surface area contributed by atoms with Gasteiger partial charge in [0.05, 0.1) is 12.4 Å². The Hall–Kier alpha value is -2.41. The van der Waals surface area contributed by atoms with E-state index < -0.39 is 10.8 Å². The van der Waals surface area contributed by atoms with Gasteiger partial charge in [-0.1, -0.05) is 25.1 Å². The molecule has 128 valence electrons. The zero-order valence-corrected chi connectivity index (χ0v) is 14.2. The van der Waals surface area contributed by atoms with E-state index in [4.69, 9.17) is 4.74 Å². The molecule has 2 rings (SSSR count). The van der Waals surface area contributed by atoms with E-state index >= 15 is 0 Å². The molecule has 1 amide bonds. The number of anilines is 1. The van der Waals surface area contributed by atoms with Gasteiger partial charge in [0.1, 0.15) is 5.75 Å². The summed E-state index contributed by atoms with van der Waals surface area (Å²) in [5.74, 6) is -0.116. The molecule has 24 heavy (non-hydrogen) atoms. The average molecular weight is 348 g/mol. The lowest BCUT2D eigenvalue weighted by Crippen LogP contribution is -2.20. The molecule has 6 nitrogen and oxygen atoms in total. The van der Waals surface area contributed by atoms with Crippen LogP contribution in [0.25, 0.3) is 0 Å². The normalized spacial score (nSPS) is 11.7. The molecule has 2 aromatic rings. The number of aromatic amines is 1. The number of amides is 1.